The van der Waals surface area contributed by atoms with Crippen LogP contribution in [0.4, 0.5) is 0 Å². The van der Waals surface area contributed by atoms with Crippen molar-refractivity contribution in [1.29, 1.82) is 0 Å². The number of nitrogens with zero attached hydrogens (tertiary/aromatic N) is 1. The second-order valence-electron chi connectivity index (χ2n) is 4.72. The summed E-state index contributed by atoms with van der Waals surface area (Å²) in [5.74, 6) is 6.16. The standard InChI is InChI=1S/C14H17N3O/c15-17-14(12-5-7-18-9-12)11-3-4-13-10(8-11)2-1-6-16-13/h1-4,6,8,12,14,17H,5,7,9,15H2. The molecule has 18 heavy (non-hydrogen) atoms. The zero-order valence-electron chi connectivity index (χ0n) is 10.2. The Morgan fingerprint density at radius 2 is 2.33 bits per heavy atom. The first-order chi connectivity index (χ1) is 8.88. The van der Waals surface area contributed by atoms with E-state index in [0.29, 0.717) is 5.92 Å². The van der Waals surface area contributed by atoms with Crippen LogP contribution in [0.15, 0.2) is 36.5 Å². The van der Waals surface area contributed by atoms with Gasteiger partial charge in [0.2, 0.25) is 0 Å². The molecule has 1 saturated heterocycles. The highest BCUT2D eigenvalue weighted by molar-refractivity contribution is 5.79. The molecule has 2 heterocycles. The summed E-state index contributed by atoms with van der Waals surface area (Å²) in [5, 5.41) is 1.15. The summed E-state index contributed by atoms with van der Waals surface area (Å²) in [5.41, 5.74) is 5.14. The third-order valence-corrected chi connectivity index (χ3v) is 3.60. The maximum atomic E-state index is 5.71. The quantitative estimate of drug-likeness (QED) is 0.637. The minimum Gasteiger partial charge on any atom is -0.381 e. The molecule has 94 valence electrons. The van der Waals surface area contributed by atoms with E-state index in [0.717, 1.165) is 30.5 Å². The molecule has 2 atom stereocenters. The SMILES string of the molecule is NNC(c1ccc2ncccc2c1)C1CCOC1. The van der Waals surface area contributed by atoms with Crippen LogP contribution in [0.5, 0.6) is 0 Å². The Hall–Kier alpha value is -1.49. The van der Waals surface area contributed by atoms with E-state index >= 15 is 0 Å². The molecule has 0 saturated carbocycles. The molecule has 0 bridgehead atoms. The van der Waals surface area contributed by atoms with E-state index in [9.17, 15) is 0 Å². The van der Waals surface area contributed by atoms with E-state index in [1.165, 1.54) is 5.56 Å². The van der Waals surface area contributed by atoms with Crippen LogP contribution in [0.3, 0.4) is 0 Å². The molecule has 1 aromatic heterocycles. The van der Waals surface area contributed by atoms with E-state index in [1.54, 1.807) is 0 Å². The van der Waals surface area contributed by atoms with Gasteiger partial charge in [-0.1, -0.05) is 12.1 Å². The van der Waals surface area contributed by atoms with Crippen LogP contribution in [-0.2, 0) is 4.74 Å². The van der Waals surface area contributed by atoms with Crippen molar-refractivity contribution in [1.82, 2.24) is 10.4 Å². The van der Waals surface area contributed by atoms with Crippen LogP contribution in [0.2, 0.25) is 0 Å². The van der Waals surface area contributed by atoms with E-state index in [2.05, 4.69) is 28.6 Å². The zero-order chi connectivity index (χ0) is 12.4. The van der Waals surface area contributed by atoms with E-state index in [-0.39, 0.29) is 6.04 Å². The molecule has 0 amide bonds. The van der Waals surface area contributed by atoms with Crippen LogP contribution < -0.4 is 11.3 Å². The summed E-state index contributed by atoms with van der Waals surface area (Å²) in [6.07, 6.45) is 2.87. The average molecular weight is 243 g/mol. The van der Waals surface area contributed by atoms with Gasteiger partial charge in [-0.3, -0.25) is 16.3 Å². The molecule has 0 spiro atoms. The number of hydrazine groups is 1. The van der Waals surface area contributed by atoms with Gasteiger partial charge in [0.1, 0.15) is 0 Å². The molecule has 4 heteroatoms. The molecule has 1 fully saturated rings. The summed E-state index contributed by atoms with van der Waals surface area (Å²) in [7, 11) is 0. The topological polar surface area (TPSA) is 60.2 Å². The fraction of sp³-hybridized carbons (Fsp3) is 0.357. The van der Waals surface area contributed by atoms with Crippen molar-refractivity contribution in [3.8, 4) is 0 Å². The number of hydrogen-bond donors (Lipinski definition) is 2. The molecule has 2 aromatic rings. The molecule has 4 nitrogen and oxygen atoms in total. The van der Waals surface area contributed by atoms with Gasteiger partial charge in [-0.05, 0) is 30.2 Å². The fourth-order valence-electron chi connectivity index (χ4n) is 2.61. The zero-order valence-corrected chi connectivity index (χ0v) is 10.2. The van der Waals surface area contributed by atoms with E-state index < -0.39 is 0 Å². The van der Waals surface area contributed by atoms with Gasteiger partial charge < -0.3 is 4.74 Å². The van der Waals surface area contributed by atoms with E-state index in [1.807, 2.05) is 18.3 Å². The molecule has 1 aliphatic heterocycles. The second-order valence-corrected chi connectivity index (χ2v) is 4.72. The summed E-state index contributed by atoms with van der Waals surface area (Å²) >= 11 is 0. The van der Waals surface area contributed by atoms with Gasteiger partial charge in [0, 0.05) is 24.1 Å². The van der Waals surface area contributed by atoms with Crippen LogP contribution in [0.25, 0.3) is 10.9 Å². The Balaban J connectivity index is 1.96. The maximum absolute atomic E-state index is 5.71. The molecule has 1 aliphatic rings. The number of ether oxygens (including phenoxy) is 1. The molecule has 0 radical (unpaired) electrons. The Labute approximate surface area is 106 Å². The number of aromatic nitrogens is 1. The fourth-order valence-corrected chi connectivity index (χ4v) is 2.61. The summed E-state index contributed by atoms with van der Waals surface area (Å²) < 4.78 is 5.44. The van der Waals surface area contributed by atoms with Crippen LogP contribution in [0, 0.1) is 5.92 Å². The van der Waals surface area contributed by atoms with Crippen LogP contribution in [0.1, 0.15) is 18.0 Å². The third-order valence-electron chi connectivity index (χ3n) is 3.60. The normalized spacial score (nSPS) is 21.3. The molecule has 1 aromatic carbocycles. The van der Waals surface area contributed by atoms with Gasteiger partial charge in [-0.25, -0.2) is 0 Å². The molecule has 3 rings (SSSR count). The van der Waals surface area contributed by atoms with Gasteiger partial charge in [-0.15, -0.1) is 0 Å². The van der Waals surface area contributed by atoms with Gasteiger partial charge >= 0.3 is 0 Å². The Morgan fingerprint density at radius 3 is 3.11 bits per heavy atom. The summed E-state index contributed by atoms with van der Waals surface area (Å²) in [6.45, 7) is 1.61. The smallest absolute Gasteiger partial charge is 0.0702 e. The van der Waals surface area contributed by atoms with E-state index in [4.69, 9.17) is 10.6 Å². The van der Waals surface area contributed by atoms with Crippen molar-refractivity contribution >= 4 is 10.9 Å². The molecule has 2 unspecified atom stereocenters. The highest BCUT2D eigenvalue weighted by Crippen LogP contribution is 2.29. The molecular weight excluding hydrogens is 226 g/mol. The first kappa shape index (κ1) is 11.6. The highest BCUT2D eigenvalue weighted by Gasteiger charge is 2.26. The first-order valence-electron chi connectivity index (χ1n) is 6.27. The van der Waals surface area contributed by atoms with Gasteiger partial charge in [0.25, 0.3) is 0 Å². The summed E-state index contributed by atoms with van der Waals surface area (Å²) in [4.78, 5) is 4.33. The average Bonchev–Trinajstić information content (AvgIpc) is 2.93. The van der Waals surface area contributed by atoms with Crippen molar-refractivity contribution in [3.05, 3.63) is 42.1 Å². The lowest BCUT2D eigenvalue weighted by Gasteiger charge is -2.22. The number of nitrogens with one attached hydrogen (secondary N) is 1. The monoisotopic (exact) mass is 243 g/mol. The number of nitrogens with two attached hydrogens (primary N) is 1. The Morgan fingerprint density at radius 1 is 1.39 bits per heavy atom. The van der Waals surface area contributed by atoms with Crippen molar-refractivity contribution in [2.24, 2.45) is 11.8 Å². The summed E-state index contributed by atoms with van der Waals surface area (Å²) in [6, 6.07) is 10.5. The van der Waals surface area contributed by atoms with Crippen molar-refractivity contribution in [2.75, 3.05) is 13.2 Å². The maximum Gasteiger partial charge on any atom is 0.0702 e. The number of hydrogen-bond acceptors (Lipinski definition) is 4. The third kappa shape index (κ3) is 2.10. The van der Waals surface area contributed by atoms with Gasteiger partial charge in [0.05, 0.1) is 18.2 Å². The number of benzene rings is 1. The Bertz CT molecular complexity index is 537. The Kier molecular flexibility index (Phi) is 3.23. The molecule has 0 aliphatic carbocycles. The lowest BCUT2D eigenvalue weighted by molar-refractivity contribution is 0.177. The highest BCUT2D eigenvalue weighted by atomic mass is 16.5. The van der Waals surface area contributed by atoms with Gasteiger partial charge in [0.15, 0.2) is 0 Å². The number of pyridine rings is 1. The predicted molar refractivity (Wildman–Crippen MR) is 70.7 cm³/mol. The van der Waals surface area contributed by atoms with Crippen molar-refractivity contribution < 1.29 is 4.74 Å². The second kappa shape index (κ2) is 5.02. The number of rotatable bonds is 3. The largest absolute Gasteiger partial charge is 0.381 e. The van der Waals surface area contributed by atoms with Crippen LogP contribution >= 0.6 is 0 Å². The number of fused-ring (bicyclic) bond motifs is 1. The minimum atomic E-state index is 0.150. The van der Waals surface area contributed by atoms with Crippen molar-refractivity contribution in [2.45, 2.75) is 12.5 Å². The molecular formula is C14H17N3O. The lowest BCUT2D eigenvalue weighted by atomic mass is 9.92. The lowest BCUT2D eigenvalue weighted by Crippen LogP contribution is -2.33. The first-order valence-corrected chi connectivity index (χ1v) is 6.27. The predicted octanol–water partition coefficient (Wildman–Crippen LogP) is 1.78. The molecule has 3 N–H and O–H groups in total. The van der Waals surface area contributed by atoms with Gasteiger partial charge in [-0.2, -0.15) is 0 Å². The van der Waals surface area contributed by atoms with Crippen molar-refractivity contribution in [3.63, 3.8) is 0 Å². The van der Waals surface area contributed by atoms with Crippen LogP contribution in [-0.4, -0.2) is 18.2 Å². The minimum absolute atomic E-state index is 0.150.